The Kier molecular flexibility index (Phi) is 5.56. The molecular weight excluding hydrogens is 556 g/mol. The van der Waals surface area contributed by atoms with Gasteiger partial charge in [-0.15, -0.1) is 0 Å². The lowest BCUT2D eigenvalue weighted by atomic mass is 9.38. The highest BCUT2D eigenvalue weighted by Crippen LogP contribution is 2.73. The largest absolute Gasteiger partial charge is 0.390 e. The first kappa shape index (κ1) is 28.2. The number of fused-ring (bicyclic) bond motifs is 7. The maximum atomic E-state index is 17.5. The Bertz CT molecular complexity index is 1470. The second kappa shape index (κ2) is 8.49. The van der Waals surface area contributed by atoms with Gasteiger partial charge in [0.25, 0.3) is 0 Å². The van der Waals surface area contributed by atoms with Crippen molar-refractivity contribution < 1.29 is 38.1 Å². The average molecular weight is 596 g/mol. The number of halogens is 2. The normalized spacial score (nSPS) is 52.3. The number of allylic oxidation sites excluding steroid dienone is 4. The Labute approximate surface area is 249 Å². The smallest absolute Gasteiger partial charge is 0.193 e. The van der Waals surface area contributed by atoms with E-state index in [1.807, 2.05) is 24.3 Å². The van der Waals surface area contributed by atoms with Crippen LogP contribution in [0.25, 0.3) is 0 Å². The van der Waals surface area contributed by atoms with Gasteiger partial charge in [-0.2, -0.15) is 0 Å². The summed E-state index contributed by atoms with van der Waals surface area (Å²) in [6, 6.07) is 7.96. The molecule has 0 spiro atoms. The lowest BCUT2D eigenvalue weighted by Crippen LogP contribution is -2.72. The number of benzene rings is 1. The summed E-state index contributed by atoms with van der Waals surface area (Å²) in [6.45, 7) is 2.53. The Morgan fingerprint density at radius 3 is 2.47 bits per heavy atom. The van der Waals surface area contributed by atoms with Gasteiger partial charge in [-0.1, -0.05) is 37.3 Å². The number of carbonyl (C=O) groups is 2. The van der Waals surface area contributed by atoms with E-state index in [0.29, 0.717) is 5.41 Å². The van der Waals surface area contributed by atoms with Crippen LogP contribution in [0.2, 0.25) is 0 Å². The first-order chi connectivity index (χ1) is 20.2. The zero-order chi connectivity index (χ0) is 30.4. The number of rotatable bonds is 5. The molecule has 6 saturated carbocycles. The molecule has 43 heavy (non-hydrogen) atoms. The van der Waals surface area contributed by atoms with Gasteiger partial charge in [0.05, 0.1) is 12.2 Å². The molecule has 10 atom stereocenters. The molecule has 0 amide bonds. The van der Waals surface area contributed by atoms with Crippen LogP contribution in [0.4, 0.5) is 8.78 Å². The van der Waals surface area contributed by atoms with Crippen LogP contribution in [0.3, 0.4) is 0 Å². The Morgan fingerprint density at radius 1 is 1.12 bits per heavy atom. The number of carbonyl (C=O) groups excluding carboxylic acids is 2. The topological polar surface area (TPSA) is 119 Å². The van der Waals surface area contributed by atoms with Crippen molar-refractivity contribution in [1.29, 1.82) is 0 Å². The second-order valence-electron chi connectivity index (χ2n) is 15.3. The van der Waals surface area contributed by atoms with Gasteiger partial charge in [-0.3, -0.25) is 9.59 Å². The number of ketones is 2. The summed E-state index contributed by atoms with van der Waals surface area (Å²) in [7, 11) is 0. The van der Waals surface area contributed by atoms with Crippen molar-refractivity contribution >= 4 is 11.6 Å². The fourth-order valence-corrected chi connectivity index (χ4v) is 11.2. The van der Waals surface area contributed by atoms with E-state index in [2.05, 4.69) is 0 Å². The van der Waals surface area contributed by atoms with E-state index in [1.165, 1.54) is 17.7 Å². The van der Waals surface area contributed by atoms with Crippen molar-refractivity contribution in [2.75, 3.05) is 6.61 Å². The molecule has 7 fully saturated rings. The molecule has 0 aromatic heterocycles. The summed E-state index contributed by atoms with van der Waals surface area (Å²) in [5.74, 6) is -2.53. The molecule has 7 nitrogen and oxygen atoms in total. The highest BCUT2D eigenvalue weighted by molar-refractivity contribution is 6.01. The Hall–Kier alpha value is -2.30. The molecule has 9 rings (SSSR count). The predicted molar refractivity (Wildman–Crippen MR) is 151 cm³/mol. The number of hydrogen-bond donors (Lipinski definition) is 3. The summed E-state index contributed by atoms with van der Waals surface area (Å²) >= 11 is 0. The third kappa shape index (κ3) is 3.30. The second-order valence-corrected chi connectivity index (χ2v) is 15.3. The van der Waals surface area contributed by atoms with E-state index < -0.39 is 76.8 Å². The van der Waals surface area contributed by atoms with Gasteiger partial charge in [0, 0.05) is 27.9 Å². The molecule has 1 aromatic rings. The van der Waals surface area contributed by atoms with E-state index in [1.54, 1.807) is 13.8 Å². The molecule has 1 saturated heterocycles. The van der Waals surface area contributed by atoms with E-state index in [-0.39, 0.29) is 30.4 Å². The number of alkyl halides is 2. The number of aliphatic hydroxyl groups excluding tert-OH is 2. The third-order valence-corrected chi connectivity index (χ3v) is 12.9. The Morgan fingerprint density at radius 2 is 1.81 bits per heavy atom. The first-order valence-corrected chi connectivity index (χ1v) is 15.5. The van der Waals surface area contributed by atoms with E-state index in [9.17, 15) is 19.8 Å². The highest BCUT2D eigenvalue weighted by atomic mass is 19.1. The lowest BCUT2D eigenvalue weighted by molar-refractivity contribution is -0.235. The highest BCUT2D eigenvalue weighted by Gasteiger charge is 2.80. The SMILES string of the molecule is C[C@]12C=CC(=O)C=C1[C@@H](F)C[C@H]1[C@@H]3C[C@H]4O[C@@H](c5ccc(CC67CC(N)(C6)C7)cc5)O[C@@]4(C(=O)CO)[C@@]3(C)C[C@H](O)[C@@]12F. The van der Waals surface area contributed by atoms with Crippen LogP contribution in [-0.2, 0) is 25.5 Å². The van der Waals surface area contributed by atoms with E-state index >= 15 is 8.78 Å². The molecule has 1 aromatic carbocycles. The zero-order valence-electron chi connectivity index (χ0n) is 24.5. The molecule has 230 valence electrons. The van der Waals surface area contributed by atoms with Crippen LogP contribution in [0.15, 0.2) is 48.1 Å². The first-order valence-electron chi connectivity index (χ1n) is 15.5. The van der Waals surface area contributed by atoms with Gasteiger partial charge < -0.3 is 25.4 Å². The molecule has 0 unspecified atom stereocenters. The quantitative estimate of drug-likeness (QED) is 0.475. The summed E-state index contributed by atoms with van der Waals surface area (Å²) < 4.78 is 46.3. The van der Waals surface area contributed by atoms with Crippen LogP contribution < -0.4 is 5.73 Å². The van der Waals surface area contributed by atoms with Crippen LogP contribution in [-0.4, -0.2) is 63.6 Å². The van der Waals surface area contributed by atoms with E-state index in [0.717, 1.165) is 37.3 Å². The van der Waals surface area contributed by atoms with Crippen molar-refractivity contribution in [3.63, 3.8) is 0 Å². The molecule has 1 aliphatic heterocycles. The molecule has 0 radical (unpaired) electrons. The van der Waals surface area contributed by atoms with Gasteiger partial charge >= 0.3 is 0 Å². The van der Waals surface area contributed by atoms with Crippen LogP contribution in [0.5, 0.6) is 0 Å². The summed E-state index contributed by atoms with van der Waals surface area (Å²) in [5.41, 5.74) is 2.00. The number of hydrogen-bond acceptors (Lipinski definition) is 7. The van der Waals surface area contributed by atoms with Gasteiger partial charge in [0.2, 0.25) is 0 Å². The van der Waals surface area contributed by atoms with Crippen LogP contribution in [0.1, 0.15) is 69.8 Å². The number of aliphatic hydroxyl groups is 2. The monoisotopic (exact) mass is 595 g/mol. The summed E-state index contributed by atoms with van der Waals surface area (Å²) in [4.78, 5) is 25.8. The number of ether oxygens (including phenoxy) is 2. The minimum absolute atomic E-state index is 0.0465. The summed E-state index contributed by atoms with van der Waals surface area (Å²) in [6.07, 6.45) is 2.93. The van der Waals surface area contributed by atoms with Crippen LogP contribution in [0, 0.1) is 28.1 Å². The molecule has 8 aliphatic rings. The van der Waals surface area contributed by atoms with Crippen molar-refractivity contribution in [1.82, 2.24) is 0 Å². The maximum Gasteiger partial charge on any atom is 0.193 e. The van der Waals surface area contributed by atoms with Gasteiger partial charge in [-0.05, 0) is 86.5 Å². The van der Waals surface area contributed by atoms with Crippen LogP contribution >= 0.6 is 0 Å². The van der Waals surface area contributed by atoms with Gasteiger partial charge in [0.1, 0.15) is 12.8 Å². The molecule has 7 aliphatic carbocycles. The maximum absolute atomic E-state index is 17.5. The standard InChI is InChI=1S/C34H39F2NO6/c1-29-8-7-20(39)9-23(29)24(35)10-22-21-11-27-34(26(41)14-38,30(21,2)13-25(40)33(22,29)36)43-28(42-27)19-5-3-18(4-6-19)12-31-15-32(37,16-31)17-31/h3-9,21-22,24-25,27-28,38,40H,10-17,37H2,1-2H3/t21-,22-,24-,25-,27+,28+,29-,30-,31?,32?,33-,34+/m0/s1. The number of nitrogens with two attached hydrogens (primary N) is 1. The molecular formula is C34H39F2NO6. The zero-order valence-corrected chi connectivity index (χ0v) is 24.5. The van der Waals surface area contributed by atoms with Crippen molar-refractivity contribution in [2.24, 2.45) is 33.8 Å². The average Bonchev–Trinajstić information content (AvgIpc) is 3.43. The van der Waals surface area contributed by atoms with Gasteiger partial charge in [-0.25, -0.2) is 8.78 Å². The summed E-state index contributed by atoms with van der Waals surface area (Å²) in [5, 5.41) is 21.8. The Balaban J connectivity index is 1.11. The molecule has 1 heterocycles. The van der Waals surface area contributed by atoms with E-state index in [4.69, 9.17) is 15.2 Å². The minimum atomic E-state index is -2.27. The third-order valence-electron chi connectivity index (χ3n) is 12.9. The number of Topliss-reactive ketones (excluding diaryl/α,β-unsaturated/α-hetero) is 1. The van der Waals surface area contributed by atoms with Gasteiger partial charge in [0.15, 0.2) is 29.1 Å². The molecule has 9 heteroatoms. The van der Waals surface area contributed by atoms with Crippen molar-refractivity contribution in [3.05, 3.63) is 59.2 Å². The fourth-order valence-electron chi connectivity index (χ4n) is 11.2. The predicted octanol–water partition coefficient (Wildman–Crippen LogP) is 3.75. The molecule has 4 N–H and O–H groups in total. The fraction of sp³-hybridized carbons (Fsp3) is 0.647. The lowest BCUT2D eigenvalue weighted by Gasteiger charge is -2.69. The van der Waals surface area contributed by atoms with Crippen molar-refractivity contribution in [3.8, 4) is 0 Å². The minimum Gasteiger partial charge on any atom is -0.390 e. The molecule has 2 bridgehead atoms. The van der Waals surface area contributed by atoms with Crippen molar-refractivity contribution in [2.45, 2.75) is 100 Å².